The Balaban J connectivity index is 1.44. The molecule has 0 radical (unpaired) electrons. The molecule has 0 aromatic carbocycles. The first kappa shape index (κ1) is 21.2. The summed E-state index contributed by atoms with van der Waals surface area (Å²) in [6.45, 7) is 1.99. The number of thiophene rings is 2. The molecule has 11 heteroatoms. The van der Waals surface area contributed by atoms with Crippen LogP contribution in [-0.2, 0) is 9.53 Å². The lowest BCUT2D eigenvalue weighted by molar-refractivity contribution is -0.113. The van der Waals surface area contributed by atoms with E-state index in [4.69, 9.17) is 9.15 Å². The number of hydrogen-bond donors (Lipinski definition) is 1. The summed E-state index contributed by atoms with van der Waals surface area (Å²) in [5.41, 5.74) is 1.67. The van der Waals surface area contributed by atoms with Gasteiger partial charge in [-0.15, -0.1) is 32.9 Å². The van der Waals surface area contributed by atoms with Gasteiger partial charge >= 0.3 is 5.97 Å². The Morgan fingerprint density at radius 3 is 2.84 bits per heavy atom. The molecule has 0 aliphatic carbocycles. The summed E-state index contributed by atoms with van der Waals surface area (Å²) >= 11 is 3.90. The molecule has 0 saturated heterocycles. The maximum absolute atomic E-state index is 12.5. The molecule has 0 fully saturated rings. The fourth-order valence-electron chi connectivity index (χ4n) is 2.62. The molecule has 1 N–H and O–H groups in total. The number of thioether (sulfide) groups is 1. The molecule has 8 nitrogen and oxygen atoms in total. The maximum Gasteiger partial charge on any atom is 0.341 e. The number of hydrogen-bond acceptors (Lipinski definition) is 10. The number of pyridine rings is 1. The molecule has 0 saturated carbocycles. The van der Waals surface area contributed by atoms with Crippen LogP contribution in [0.25, 0.3) is 22.0 Å². The lowest BCUT2D eigenvalue weighted by Crippen LogP contribution is -2.16. The van der Waals surface area contributed by atoms with Crippen molar-refractivity contribution in [2.45, 2.75) is 12.1 Å². The van der Waals surface area contributed by atoms with E-state index < -0.39 is 5.97 Å². The number of ether oxygens (including phenoxy) is 1. The van der Waals surface area contributed by atoms with Crippen LogP contribution in [0.15, 0.2) is 56.9 Å². The zero-order chi connectivity index (χ0) is 21.6. The maximum atomic E-state index is 12.5. The van der Waals surface area contributed by atoms with Gasteiger partial charge in [0, 0.05) is 22.0 Å². The van der Waals surface area contributed by atoms with Gasteiger partial charge in [-0.1, -0.05) is 23.9 Å². The average Bonchev–Trinajstić information content (AvgIpc) is 3.53. The van der Waals surface area contributed by atoms with Crippen molar-refractivity contribution in [2.75, 3.05) is 17.7 Å². The Labute approximate surface area is 189 Å². The van der Waals surface area contributed by atoms with Crippen molar-refractivity contribution in [1.29, 1.82) is 0 Å². The van der Waals surface area contributed by atoms with Gasteiger partial charge in [0.05, 0.1) is 12.4 Å². The summed E-state index contributed by atoms with van der Waals surface area (Å²) in [4.78, 5) is 30.1. The summed E-state index contributed by atoms with van der Waals surface area (Å²) < 4.78 is 10.7. The number of nitrogens with zero attached hydrogens (tertiary/aromatic N) is 3. The minimum absolute atomic E-state index is 0.0400. The molecule has 4 heterocycles. The number of rotatable bonds is 8. The summed E-state index contributed by atoms with van der Waals surface area (Å²) in [6, 6.07) is 9.20. The lowest BCUT2D eigenvalue weighted by atomic mass is 10.1. The molecule has 4 aromatic heterocycles. The summed E-state index contributed by atoms with van der Waals surface area (Å²) in [6.07, 6.45) is 1.63. The SMILES string of the molecule is CCOC(=O)c1c(-c2cccs2)csc1NC(=O)CSc1nnc(-c2ccccn2)o1. The van der Waals surface area contributed by atoms with Gasteiger partial charge in [-0.25, -0.2) is 4.79 Å². The van der Waals surface area contributed by atoms with Gasteiger partial charge < -0.3 is 14.5 Å². The third-order valence-corrected chi connectivity index (χ3v) is 6.54. The zero-order valence-corrected chi connectivity index (χ0v) is 18.7. The predicted octanol–water partition coefficient (Wildman–Crippen LogP) is 4.83. The molecule has 0 bridgehead atoms. The second kappa shape index (κ2) is 9.86. The van der Waals surface area contributed by atoms with Gasteiger partial charge in [0.25, 0.3) is 11.1 Å². The van der Waals surface area contributed by atoms with Crippen LogP contribution in [0.1, 0.15) is 17.3 Å². The molecule has 158 valence electrons. The summed E-state index contributed by atoms with van der Waals surface area (Å²) in [7, 11) is 0. The van der Waals surface area contributed by atoms with Crippen LogP contribution >= 0.6 is 34.4 Å². The quantitative estimate of drug-likeness (QED) is 0.287. The van der Waals surface area contributed by atoms with Crippen LogP contribution < -0.4 is 5.32 Å². The van der Waals surface area contributed by atoms with E-state index in [0.29, 0.717) is 16.3 Å². The highest BCUT2D eigenvalue weighted by Crippen LogP contribution is 2.38. The number of aromatic nitrogens is 3. The van der Waals surface area contributed by atoms with Crippen molar-refractivity contribution < 1.29 is 18.7 Å². The van der Waals surface area contributed by atoms with Crippen molar-refractivity contribution in [3.63, 3.8) is 0 Å². The highest BCUT2D eigenvalue weighted by molar-refractivity contribution is 7.99. The first-order chi connectivity index (χ1) is 15.2. The Morgan fingerprint density at radius 2 is 2.10 bits per heavy atom. The van der Waals surface area contributed by atoms with E-state index >= 15 is 0 Å². The fourth-order valence-corrected chi connectivity index (χ4v) is 4.97. The molecule has 4 aromatic rings. The van der Waals surface area contributed by atoms with E-state index in [1.54, 1.807) is 25.3 Å². The van der Waals surface area contributed by atoms with Crippen LogP contribution in [-0.4, -0.2) is 39.4 Å². The predicted molar refractivity (Wildman–Crippen MR) is 120 cm³/mol. The third-order valence-electron chi connectivity index (χ3n) is 3.93. The molecular weight excluding hydrogens is 456 g/mol. The first-order valence-corrected chi connectivity index (χ1v) is 11.9. The Kier molecular flexibility index (Phi) is 6.75. The number of anilines is 1. The average molecular weight is 473 g/mol. The van der Waals surface area contributed by atoms with Gasteiger partial charge in [0.1, 0.15) is 16.3 Å². The topological polar surface area (TPSA) is 107 Å². The second-order valence-electron chi connectivity index (χ2n) is 5.98. The van der Waals surface area contributed by atoms with E-state index in [1.807, 2.05) is 29.0 Å². The molecule has 0 spiro atoms. The molecule has 0 aliphatic heterocycles. The zero-order valence-electron chi connectivity index (χ0n) is 16.2. The molecule has 0 aliphatic rings. The smallest absolute Gasteiger partial charge is 0.341 e. The van der Waals surface area contributed by atoms with Crippen molar-refractivity contribution in [3.05, 3.63) is 52.9 Å². The Hall–Kier alpha value is -3.02. The van der Waals surface area contributed by atoms with Crippen LogP contribution in [0, 0.1) is 0 Å². The van der Waals surface area contributed by atoms with Crippen molar-refractivity contribution in [3.8, 4) is 22.0 Å². The number of carbonyl (C=O) groups excluding carboxylic acids is 2. The van der Waals surface area contributed by atoms with Gasteiger partial charge in [0.2, 0.25) is 5.91 Å². The van der Waals surface area contributed by atoms with Crippen LogP contribution in [0.5, 0.6) is 0 Å². The summed E-state index contributed by atoms with van der Waals surface area (Å²) in [5, 5.41) is 15.2. The number of esters is 1. The molecular formula is C20H16N4O4S3. The Bertz CT molecular complexity index is 1170. The highest BCUT2D eigenvalue weighted by atomic mass is 32.2. The monoisotopic (exact) mass is 472 g/mol. The minimum Gasteiger partial charge on any atom is -0.462 e. The van der Waals surface area contributed by atoms with Crippen molar-refractivity contribution >= 4 is 51.3 Å². The van der Waals surface area contributed by atoms with E-state index in [-0.39, 0.29) is 29.4 Å². The largest absolute Gasteiger partial charge is 0.462 e. The number of amides is 1. The first-order valence-electron chi connectivity index (χ1n) is 9.15. The van der Waals surface area contributed by atoms with E-state index in [1.165, 1.54) is 22.7 Å². The summed E-state index contributed by atoms with van der Waals surface area (Å²) in [5.74, 6) is -0.440. The standard InChI is InChI=1S/C20H16N4O4S3/c1-2-27-19(26)16-12(14-7-5-9-29-14)10-30-18(16)22-15(25)11-31-20-24-23-17(28-20)13-6-3-4-8-21-13/h3-10H,2,11H2,1H3,(H,22,25). The number of nitrogens with one attached hydrogen (secondary N) is 1. The lowest BCUT2D eigenvalue weighted by Gasteiger charge is -2.07. The van der Waals surface area contributed by atoms with Crippen LogP contribution in [0.3, 0.4) is 0 Å². The van der Waals surface area contributed by atoms with E-state index in [0.717, 1.165) is 22.2 Å². The minimum atomic E-state index is -0.466. The van der Waals surface area contributed by atoms with Gasteiger partial charge in [-0.05, 0) is 30.5 Å². The normalized spacial score (nSPS) is 10.7. The van der Waals surface area contributed by atoms with Crippen LogP contribution in [0.2, 0.25) is 0 Å². The van der Waals surface area contributed by atoms with Crippen molar-refractivity contribution in [1.82, 2.24) is 15.2 Å². The third kappa shape index (κ3) is 5.01. The van der Waals surface area contributed by atoms with Crippen LogP contribution in [0.4, 0.5) is 5.00 Å². The molecule has 0 unspecified atom stereocenters. The molecule has 4 rings (SSSR count). The molecule has 31 heavy (non-hydrogen) atoms. The second-order valence-corrected chi connectivity index (χ2v) is 8.73. The van der Waals surface area contributed by atoms with Gasteiger partial charge in [0.15, 0.2) is 0 Å². The fraction of sp³-hybridized carbons (Fsp3) is 0.150. The van der Waals surface area contributed by atoms with Gasteiger partial charge in [-0.2, -0.15) is 0 Å². The Morgan fingerprint density at radius 1 is 1.19 bits per heavy atom. The van der Waals surface area contributed by atoms with E-state index in [2.05, 4.69) is 20.5 Å². The van der Waals surface area contributed by atoms with E-state index in [9.17, 15) is 9.59 Å². The number of carbonyl (C=O) groups is 2. The molecule has 1 amide bonds. The van der Waals surface area contributed by atoms with Gasteiger partial charge in [-0.3, -0.25) is 9.78 Å². The highest BCUT2D eigenvalue weighted by Gasteiger charge is 2.23. The molecule has 0 atom stereocenters. The van der Waals surface area contributed by atoms with Crippen molar-refractivity contribution in [2.24, 2.45) is 0 Å².